The second-order valence-corrected chi connectivity index (χ2v) is 24.6. The Balaban J connectivity index is 0.000000412. The first-order valence-corrected chi connectivity index (χ1v) is 27.9. The molecule has 21 heteroatoms. The summed E-state index contributed by atoms with van der Waals surface area (Å²) in [6.45, 7) is 33.0. The average Bonchev–Trinajstić information content (AvgIpc) is 3.68. The van der Waals surface area contributed by atoms with Crippen molar-refractivity contribution in [3.8, 4) is 0 Å². The molecule has 3 aromatic carbocycles. The van der Waals surface area contributed by atoms with Gasteiger partial charge < -0.3 is 55.8 Å². The molecule has 0 unspecified atom stereocenters. The van der Waals surface area contributed by atoms with Gasteiger partial charge in [0.2, 0.25) is 0 Å². The van der Waals surface area contributed by atoms with Crippen LogP contribution in [0, 0.1) is 0 Å². The zero-order valence-electron chi connectivity index (χ0n) is 42.8. The van der Waals surface area contributed by atoms with Gasteiger partial charge in [-0.15, -0.1) is 0 Å². The third-order valence-electron chi connectivity index (χ3n) is 11.4. The molecule has 3 aliphatic heterocycles. The zero-order valence-corrected chi connectivity index (χ0v) is 45.5. The smallest absolute Gasteiger partial charge is 0.399 e. The lowest BCUT2D eigenvalue weighted by Crippen LogP contribution is -2.41. The van der Waals surface area contributed by atoms with Crippen LogP contribution in [-0.4, -0.2) is 112 Å². The summed E-state index contributed by atoms with van der Waals surface area (Å²) in [4.78, 5) is 15.3. The van der Waals surface area contributed by atoms with E-state index in [2.05, 4.69) is 92.1 Å². The summed E-state index contributed by atoms with van der Waals surface area (Å²) in [5.74, 6) is 0. The molecule has 0 aliphatic carbocycles. The molecular formula is C45H78B3O15P3. The fourth-order valence-electron chi connectivity index (χ4n) is 5.35. The first-order chi connectivity index (χ1) is 30.0. The predicted octanol–water partition coefficient (Wildman–Crippen LogP) is 8.74. The van der Waals surface area contributed by atoms with Gasteiger partial charge in [0.15, 0.2) is 0 Å². The van der Waals surface area contributed by atoms with Crippen molar-refractivity contribution in [1.29, 1.82) is 0 Å². The van der Waals surface area contributed by atoms with E-state index in [1.807, 2.05) is 91.0 Å². The van der Waals surface area contributed by atoms with Gasteiger partial charge in [-0.1, -0.05) is 91.0 Å². The van der Waals surface area contributed by atoms with E-state index in [0.717, 1.165) is 23.1 Å². The molecule has 0 amide bonds. The second-order valence-electron chi connectivity index (χ2n) is 18.6. The van der Waals surface area contributed by atoms with E-state index in [4.69, 9.17) is 46.8 Å². The van der Waals surface area contributed by atoms with Crippen LogP contribution in [0.3, 0.4) is 0 Å². The van der Waals surface area contributed by atoms with Crippen LogP contribution in [0.1, 0.15) is 96.9 Å². The van der Waals surface area contributed by atoms with Gasteiger partial charge in [-0.25, -0.2) is 0 Å². The maximum atomic E-state index is 11.0. The van der Waals surface area contributed by atoms with Crippen LogP contribution in [0.15, 0.2) is 91.0 Å². The summed E-state index contributed by atoms with van der Waals surface area (Å²) in [5, 5.41) is 0. The standard InChI is InChI=1S/3C12H17BO2.C5H13O3P.C3H9O3P.CH5O3P/c3*1-11(2)12(3,4)15-13(14-11)10-8-6-5-7-9-10;1-4-7-9(3,6)8-5-2;1-5-7(3,4)6-2;1-5(2,3)4/h3*5-9H,1-4H3;4-5H2,1-3H3;1-3H3;1H3,(H2,2,3,4). The molecule has 3 fully saturated rings. The van der Waals surface area contributed by atoms with Crippen molar-refractivity contribution in [1.82, 2.24) is 0 Å². The Hall–Kier alpha value is -1.94. The van der Waals surface area contributed by atoms with Crippen LogP contribution in [0.2, 0.25) is 0 Å². The first-order valence-electron chi connectivity index (χ1n) is 21.8. The molecule has 3 aromatic rings. The van der Waals surface area contributed by atoms with Gasteiger partial charge in [-0.3, -0.25) is 13.7 Å². The lowest BCUT2D eigenvalue weighted by molar-refractivity contribution is 0.00578. The molecule has 0 bridgehead atoms. The molecule has 3 aliphatic rings. The lowest BCUT2D eigenvalue weighted by atomic mass is 9.79. The Bertz CT molecular complexity index is 1760. The maximum absolute atomic E-state index is 11.0. The number of hydrogen-bond donors (Lipinski definition) is 2. The van der Waals surface area contributed by atoms with Crippen molar-refractivity contribution >= 4 is 60.5 Å². The van der Waals surface area contributed by atoms with Gasteiger partial charge in [0.25, 0.3) is 0 Å². The normalized spacial score (nSPS) is 19.5. The number of rotatable bonds is 9. The molecule has 0 saturated carbocycles. The van der Waals surface area contributed by atoms with Gasteiger partial charge in [0, 0.05) is 34.2 Å². The van der Waals surface area contributed by atoms with E-state index in [1.165, 1.54) is 27.5 Å². The Morgan fingerprint density at radius 3 is 0.742 bits per heavy atom. The van der Waals surface area contributed by atoms with Crippen LogP contribution in [0.25, 0.3) is 0 Å². The fourth-order valence-corrected chi connectivity index (χ4v) is 6.51. The highest BCUT2D eigenvalue weighted by atomic mass is 31.2. The monoisotopic (exact) mass is 984 g/mol. The van der Waals surface area contributed by atoms with Gasteiger partial charge in [-0.2, -0.15) is 0 Å². The van der Waals surface area contributed by atoms with E-state index in [0.29, 0.717) is 13.2 Å². The molecule has 15 nitrogen and oxygen atoms in total. The largest absolute Gasteiger partial charge is 0.494 e. The van der Waals surface area contributed by atoms with Gasteiger partial charge in [0.05, 0.1) is 46.8 Å². The van der Waals surface area contributed by atoms with Crippen molar-refractivity contribution in [3.63, 3.8) is 0 Å². The summed E-state index contributed by atoms with van der Waals surface area (Å²) in [5.41, 5.74) is 1.70. The molecule has 6 rings (SSSR count). The predicted molar refractivity (Wildman–Crippen MR) is 269 cm³/mol. The Morgan fingerprint density at radius 2 is 0.606 bits per heavy atom. The molecule has 3 heterocycles. The Labute approximate surface area is 397 Å². The quantitative estimate of drug-likeness (QED) is 0.153. The molecule has 2 N–H and O–H groups in total. The zero-order chi connectivity index (χ0) is 51.1. The van der Waals surface area contributed by atoms with E-state index < -0.39 is 22.8 Å². The number of hydrogen-bond acceptors (Lipinski definition) is 13. The van der Waals surface area contributed by atoms with Crippen LogP contribution in [0.5, 0.6) is 0 Å². The fraction of sp³-hybridized carbons (Fsp3) is 0.600. The lowest BCUT2D eigenvalue weighted by Gasteiger charge is -2.32. The summed E-state index contributed by atoms with van der Waals surface area (Å²) < 4.78 is 84.8. The summed E-state index contributed by atoms with van der Waals surface area (Å²) in [6, 6.07) is 30.2. The molecule has 3 saturated heterocycles. The van der Waals surface area contributed by atoms with Gasteiger partial charge >= 0.3 is 44.1 Å². The molecular weight excluding hydrogens is 906 g/mol. The van der Waals surface area contributed by atoms with Crippen molar-refractivity contribution in [3.05, 3.63) is 91.0 Å². The molecule has 0 aromatic heterocycles. The van der Waals surface area contributed by atoms with E-state index >= 15 is 0 Å². The molecule has 66 heavy (non-hydrogen) atoms. The van der Waals surface area contributed by atoms with E-state index in [1.54, 1.807) is 13.8 Å². The maximum Gasteiger partial charge on any atom is 0.494 e. The SMILES string of the molecule is CC1(C)OB(c2ccccc2)OC1(C)C.CC1(C)OB(c2ccccc2)OC1(C)C.CC1(C)OB(c2ccccc2)OC1(C)C.CCOP(C)(=O)OCC.COP(C)(=O)OC.CP(=O)(O)O. The minimum Gasteiger partial charge on any atom is -0.399 e. The van der Waals surface area contributed by atoms with Crippen LogP contribution in [-0.2, 0) is 59.7 Å². The summed E-state index contributed by atoms with van der Waals surface area (Å²) >= 11 is 0. The molecule has 372 valence electrons. The van der Waals surface area contributed by atoms with Crippen LogP contribution < -0.4 is 16.4 Å². The van der Waals surface area contributed by atoms with E-state index in [-0.39, 0.29) is 55.0 Å². The third-order valence-corrected chi connectivity index (χ3v) is 14.1. The average molecular weight is 984 g/mol. The number of benzene rings is 3. The van der Waals surface area contributed by atoms with Gasteiger partial charge in [0.1, 0.15) is 0 Å². The Morgan fingerprint density at radius 1 is 0.424 bits per heavy atom. The minimum absolute atomic E-state index is 0.240. The van der Waals surface area contributed by atoms with Gasteiger partial charge in [-0.05, 0) is 113 Å². The molecule has 0 atom stereocenters. The van der Waals surface area contributed by atoms with E-state index in [9.17, 15) is 13.7 Å². The first kappa shape index (κ1) is 62.1. The van der Waals surface area contributed by atoms with Crippen LogP contribution >= 0.6 is 22.8 Å². The van der Waals surface area contributed by atoms with Crippen molar-refractivity contribution in [2.45, 2.75) is 131 Å². The second kappa shape index (κ2) is 25.8. The Kier molecular flexibility index (Phi) is 24.3. The highest BCUT2D eigenvalue weighted by Crippen LogP contribution is 2.43. The van der Waals surface area contributed by atoms with Crippen molar-refractivity contribution in [2.24, 2.45) is 0 Å². The highest BCUT2D eigenvalue weighted by Gasteiger charge is 2.53. The third kappa shape index (κ3) is 21.0. The molecule has 0 spiro atoms. The topological polar surface area (TPSA) is 184 Å². The molecule has 0 radical (unpaired) electrons. The minimum atomic E-state index is -3.64. The van der Waals surface area contributed by atoms with Crippen LogP contribution in [0.4, 0.5) is 0 Å². The van der Waals surface area contributed by atoms with Crippen molar-refractivity contribution in [2.75, 3.05) is 47.4 Å². The summed E-state index contributed by atoms with van der Waals surface area (Å²) in [7, 11) is -7.00. The van der Waals surface area contributed by atoms with Crippen molar-refractivity contribution < 1.29 is 69.5 Å². The highest BCUT2D eigenvalue weighted by molar-refractivity contribution is 7.53. The summed E-state index contributed by atoms with van der Waals surface area (Å²) in [6.07, 6.45) is 0.